The highest BCUT2D eigenvalue weighted by molar-refractivity contribution is 7.90. The van der Waals surface area contributed by atoms with Gasteiger partial charge in [-0.2, -0.15) is 12.9 Å². The minimum absolute atomic E-state index is 0.0123. The summed E-state index contributed by atoms with van der Waals surface area (Å²) < 4.78 is 114. The van der Waals surface area contributed by atoms with Gasteiger partial charge in [-0.05, 0) is 83.1 Å². The van der Waals surface area contributed by atoms with Crippen molar-refractivity contribution in [3.8, 4) is 0 Å². The zero-order valence-electron chi connectivity index (χ0n) is 34.5. The number of benzene rings is 4. The van der Waals surface area contributed by atoms with Crippen LogP contribution in [0, 0.1) is 27.7 Å². The van der Waals surface area contributed by atoms with Gasteiger partial charge in [0.25, 0.3) is 0 Å². The van der Waals surface area contributed by atoms with Crippen LogP contribution in [0.1, 0.15) is 29.2 Å². The van der Waals surface area contributed by atoms with Gasteiger partial charge in [-0.1, -0.05) is 119 Å². The maximum Gasteiger partial charge on any atom is 0.243 e. The summed E-state index contributed by atoms with van der Waals surface area (Å²) in [6.07, 6.45) is 12.9. The molecule has 0 bridgehead atoms. The van der Waals surface area contributed by atoms with Gasteiger partial charge in [-0.25, -0.2) is 38.4 Å². The highest BCUT2D eigenvalue weighted by atomic mass is 32.2. The fraction of sp³-hybridized carbons (Fsp3) is 0.273. The number of hydrogen-bond acceptors (Lipinski definition) is 8. The zero-order chi connectivity index (χ0) is 44.0. The first-order chi connectivity index (χ1) is 28.4. The molecule has 0 fully saturated rings. The first kappa shape index (κ1) is 48.1. The van der Waals surface area contributed by atoms with E-state index < -0.39 is 40.1 Å². The van der Waals surface area contributed by atoms with Gasteiger partial charge in [0.1, 0.15) is 0 Å². The lowest BCUT2D eigenvalue weighted by Crippen LogP contribution is -2.33. The van der Waals surface area contributed by atoms with E-state index in [1.54, 1.807) is 110 Å². The van der Waals surface area contributed by atoms with E-state index in [9.17, 15) is 33.7 Å². The Morgan fingerprint density at radius 3 is 0.917 bits per heavy atom. The monoisotopic (exact) mass is 894 g/mol. The third-order valence-electron chi connectivity index (χ3n) is 9.29. The van der Waals surface area contributed by atoms with Crippen LogP contribution in [-0.2, 0) is 40.1 Å². The lowest BCUT2D eigenvalue weighted by Gasteiger charge is -2.21. The molecule has 0 saturated carbocycles. The standard InChI is InChI=1S/C44H54N4O8S4/c1-6-7-31-46(58(51,52)42-24-16-38(3)17-25-42)33-10-11-35-48(60(55,56)44-28-20-40(5)21-29-44)36-13-12-34-47(59(53,54)43-26-18-39(4)19-27-43)32-9-8-30-45-57(49,50)41-22-14-37(2)15-23-41/h6-29,45H,30-36H2,1-5H3/b7-6+,9-8+,11-10+,13-12+. The van der Waals surface area contributed by atoms with Crippen molar-refractivity contribution in [1.82, 2.24) is 17.6 Å². The van der Waals surface area contributed by atoms with Crippen molar-refractivity contribution in [2.24, 2.45) is 0 Å². The summed E-state index contributed by atoms with van der Waals surface area (Å²) in [5.41, 5.74) is 3.60. The Morgan fingerprint density at radius 1 is 0.383 bits per heavy atom. The van der Waals surface area contributed by atoms with Crippen molar-refractivity contribution < 1.29 is 33.7 Å². The van der Waals surface area contributed by atoms with Gasteiger partial charge in [-0.15, -0.1) is 0 Å². The molecule has 0 spiro atoms. The van der Waals surface area contributed by atoms with Crippen LogP contribution in [0.3, 0.4) is 0 Å². The smallest absolute Gasteiger partial charge is 0.207 e. The predicted molar refractivity (Wildman–Crippen MR) is 238 cm³/mol. The van der Waals surface area contributed by atoms with Gasteiger partial charge < -0.3 is 0 Å². The second-order valence-corrected chi connectivity index (χ2v) is 21.6. The highest BCUT2D eigenvalue weighted by Crippen LogP contribution is 2.20. The first-order valence-corrected chi connectivity index (χ1v) is 25.0. The third kappa shape index (κ3) is 13.5. The predicted octanol–water partition coefficient (Wildman–Crippen LogP) is 6.52. The molecule has 60 heavy (non-hydrogen) atoms. The van der Waals surface area contributed by atoms with Crippen molar-refractivity contribution in [1.29, 1.82) is 0 Å². The maximum absolute atomic E-state index is 13.9. The highest BCUT2D eigenvalue weighted by Gasteiger charge is 2.26. The molecule has 0 unspecified atom stereocenters. The summed E-state index contributed by atoms with van der Waals surface area (Å²) >= 11 is 0. The number of nitrogens with one attached hydrogen (secondary N) is 1. The molecule has 16 heteroatoms. The number of sulfonamides is 4. The van der Waals surface area contributed by atoms with Crippen molar-refractivity contribution in [2.45, 2.75) is 54.2 Å². The van der Waals surface area contributed by atoms with Crippen LogP contribution in [0.2, 0.25) is 0 Å². The van der Waals surface area contributed by atoms with Crippen molar-refractivity contribution in [2.75, 3.05) is 45.8 Å². The van der Waals surface area contributed by atoms with Gasteiger partial charge >= 0.3 is 0 Å². The topological polar surface area (TPSA) is 158 Å². The second-order valence-electron chi connectivity index (χ2n) is 14.1. The molecule has 0 heterocycles. The van der Waals surface area contributed by atoms with E-state index in [1.807, 2.05) is 27.7 Å². The summed E-state index contributed by atoms with van der Waals surface area (Å²) in [6.45, 7) is 8.78. The lowest BCUT2D eigenvalue weighted by molar-refractivity contribution is 0.462. The van der Waals surface area contributed by atoms with Crippen LogP contribution >= 0.6 is 0 Å². The Bertz CT molecular complexity index is 2590. The fourth-order valence-corrected chi connectivity index (χ4v) is 10.6. The van der Waals surface area contributed by atoms with Crippen LogP contribution in [0.5, 0.6) is 0 Å². The number of rotatable bonds is 22. The van der Waals surface area contributed by atoms with E-state index in [1.165, 1.54) is 55.4 Å². The molecule has 4 rings (SSSR count). The van der Waals surface area contributed by atoms with Gasteiger partial charge in [0.05, 0.1) is 19.6 Å². The molecule has 0 radical (unpaired) electrons. The Morgan fingerprint density at radius 2 is 0.633 bits per heavy atom. The molecule has 322 valence electrons. The number of nitrogens with zero attached hydrogens (tertiary/aromatic N) is 3. The molecule has 0 aliphatic heterocycles. The molecule has 12 nitrogen and oxygen atoms in total. The lowest BCUT2D eigenvalue weighted by atomic mass is 10.2. The number of allylic oxidation sites excluding steroid dienone is 1. The second kappa shape index (κ2) is 21.8. The molecule has 0 saturated heterocycles. The van der Waals surface area contributed by atoms with Crippen LogP contribution in [-0.4, -0.2) is 92.4 Å². The quantitative estimate of drug-likeness (QED) is 0.0875. The van der Waals surface area contributed by atoms with Crippen LogP contribution in [0.4, 0.5) is 0 Å². The van der Waals surface area contributed by atoms with Crippen LogP contribution in [0.15, 0.2) is 165 Å². The molecule has 0 aromatic heterocycles. The summed E-state index contributed by atoms with van der Waals surface area (Å²) in [5.74, 6) is 0. The normalized spacial score (nSPS) is 13.3. The minimum Gasteiger partial charge on any atom is -0.207 e. The Kier molecular flexibility index (Phi) is 17.5. The average Bonchev–Trinajstić information content (AvgIpc) is 3.20. The molecule has 0 aliphatic rings. The fourth-order valence-electron chi connectivity index (χ4n) is 5.62. The third-order valence-corrected chi connectivity index (χ3v) is 16.3. The van der Waals surface area contributed by atoms with Gasteiger partial charge in [0.15, 0.2) is 0 Å². The van der Waals surface area contributed by atoms with E-state index in [0.717, 1.165) is 22.3 Å². The summed E-state index contributed by atoms with van der Waals surface area (Å²) in [7, 11) is -15.7. The van der Waals surface area contributed by atoms with Gasteiger partial charge in [0, 0.05) is 45.8 Å². The van der Waals surface area contributed by atoms with Crippen molar-refractivity contribution in [3.05, 3.63) is 168 Å². The van der Waals surface area contributed by atoms with Crippen molar-refractivity contribution >= 4 is 40.1 Å². The maximum atomic E-state index is 13.9. The van der Waals surface area contributed by atoms with E-state index in [0.29, 0.717) is 0 Å². The molecule has 0 aliphatic carbocycles. The largest absolute Gasteiger partial charge is 0.243 e. The molecule has 0 amide bonds. The number of hydrogen-bond donors (Lipinski definition) is 1. The molecule has 0 atom stereocenters. The zero-order valence-corrected chi connectivity index (χ0v) is 37.8. The average molecular weight is 895 g/mol. The minimum atomic E-state index is -4.05. The molecular formula is C44H54N4O8S4. The first-order valence-electron chi connectivity index (χ1n) is 19.2. The molecule has 4 aromatic rings. The molecular weight excluding hydrogens is 841 g/mol. The van der Waals surface area contributed by atoms with E-state index in [4.69, 9.17) is 0 Å². The summed E-state index contributed by atoms with van der Waals surface area (Å²) in [5, 5.41) is 0. The Balaban J connectivity index is 1.54. The van der Waals surface area contributed by atoms with Gasteiger partial charge in [-0.3, -0.25) is 0 Å². The SMILES string of the molecule is C/C=C/CN(C/C=C/CN(C/C=C/CN(C/C=C/CNS(=O)(=O)c1ccc(C)cc1)S(=O)(=O)c1ccc(C)cc1)S(=O)(=O)c1ccc(C)cc1)S(=O)(=O)c1ccc(C)cc1. The number of aryl methyl sites for hydroxylation is 4. The van der Waals surface area contributed by atoms with E-state index in [2.05, 4.69) is 4.72 Å². The molecule has 1 N–H and O–H groups in total. The summed E-state index contributed by atoms with van der Waals surface area (Å²) in [4.78, 5) is 0.396. The molecule has 4 aromatic carbocycles. The van der Waals surface area contributed by atoms with E-state index in [-0.39, 0.29) is 65.4 Å². The van der Waals surface area contributed by atoms with Gasteiger partial charge in [0.2, 0.25) is 40.1 Å². The summed E-state index contributed by atoms with van der Waals surface area (Å²) in [6, 6.07) is 25.8. The van der Waals surface area contributed by atoms with E-state index >= 15 is 0 Å². The van der Waals surface area contributed by atoms with Crippen LogP contribution in [0.25, 0.3) is 0 Å². The van der Waals surface area contributed by atoms with Crippen LogP contribution < -0.4 is 4.72 Å². The Labute approximate surface area is 357 Å². The Hall–Kier alpha value is -4.52. The van der Waals surface area contributed by atoms with Crippen molar-refractivity contribution in [3.63, 3.8) is 0 Å².